The third-order valence-electron chi connectivity index (χ3n) is 5.67. The van der Waals surface area contributed by atoms with Gasteiger partial charge in [0.2, 0.25) is 0 Å². The van der Waals surface area contributed by atoms with Gasteiger partial charge < -0.3 is 4.74 Å². The lowest BCUT2D eigenvalue weighted by molar-refractivity contribution is -0.248. The van der Waals surface area contributed by atoms with E-state index in [-0.39, 0.29) is 0 Å². The lowest BCUT2D eigenvalue weighted by Gasteiger charge is -2.17. The predicted octanol–water partition coefficient (Wildman–Crippen LogP) is 4.41. The average molecular weight is 431 g/mol. The molecule has 3 N–H and O–H groups in total. The maximum Gasteiger partial charge on any atom is 0.433 e. The van der Waals surface area contributed by atoms with Gasteiger partial charge in [0.15, 0.2) is 0 Å². The van der Waals surface area contributed by atoms with Crippen LogP contribution in [0.2, 0.25) is 0 Å². The Morgan fingerprint density at radius 3 is 2.66 bits per heavy atom. The molecule has 32 heavy (non-hydrogen) atoms. The van der Waals surface area contributed by atoms with Gasteiger partial charge >= 0.3 is 6.03 Å². The number of nitrogens with two attached hydrogens (primary N) is 1. The van der Waals surface area contributed by atoms with Crippen molar-refractivity contribution in [2.24, 2.45) is 5.22 Å². The van der Waals surface area contributed by atoms with Crippen LogP contribution in [0.25, 0.3) is 11.3 Å². The van der Waals surface area contributed by atoms with E-state index in [0.29, 0.717) is 18.2 Å². The van der Waals surface area contributed by atoms with E-state index in [1.54, 1.807) is 0 Å². The fourth-order valence-corrected chi connectivity index (χ4v) is 3.73. The Hall–Kier alpha value is -3.74. The van der Waals surface area contributed by atoms with Crippen LogP contribution in [0.3, 0.4) is 0 Å². The highest BCUT2D eigenvalue weighted by Crippen LogP contribution is 2.43. The Morgan fingerprint density at radius 2 is 1.97 bits per heavy atom. The number of carbonyl (C=O) groups excluding carboxylic acids is 1. The molecule has 4 rings (SSSR count). The lowest BCUT2D eigenvalue weighted by Crippen LogP contribution is -2.37. The molecule has 164 valence electrons. The topological polar surface area (TPSA) is 92.4 Å². The zero-order valence-electron chi connectivity index (χ0n) is 18.6. The van der Waals surface area contributed by atoms with Gasteiger partial charge in [-0.25, -0.2) is 4.79 Å². The number of benzene rings is 2. The number of pyridine rings is 1. The van der Waals surface area contributed by atoms with Crippen molar-refractivity contribution in [2.45, 2.75) is 39.2 Å². The number of hydrogen-bond donors (Lipinski definition) is 2. The van der Waals surface area contributed by atoms with Gasteiger partial charge in [-0.05, 0) is 80.1 Å². The molecule has 0 radical (unpaired) electrons. The molecule has 1 saturated carbocycles. The van der Waals surface area contributed by atoms with Gasteiger partial charge in [-0.3, -0.25) is 10.3 Å². The molecular weight excluding hydrogens is 402 g/mol. The second-order valence-corrected chi connectivity index (χ2v) is 8.15. The highest BCUT2D eigenvalue weighted by atomic mass is 16.5. The quantitative estimate of drug-likeness (QED) is 0.429. The fraction of sp³-hybridized carbons (Fsp3) is 0.280. The van der Waals surface area contributed by atoms with Crippen LogP contribution in [0.15, 0.2) is 59.8 Å². The van der Waals surface area contributed by atoms with Crippen molar-refractivity contribution in [3.63, 3.8) is 0 Å². The van der Waals surface area contributed by atoms with Gasteiger partial charge in [0.25, 0.3) is 0 Å². The first-order chi connectivity index (χ1) is 15.5. The number of aromatic nitrogens is 1. The van der Waals surface area contributed by atoms with Gasteiger partial charge in [0, 0.05) is 16.8 Å². The molecule has 0 aliphatic heterocycles. The first kappa shape index (κ1) is 21.5. The van der Waals surface area contributed by atoms with Crippen molar-refractivity contribution in [2.75, 3.05) is 12.4 Å². The molecule has 0 saturated heterocycles. The number of hydrogen-bond acceptors (Lipinski definition) is 4. The Kier molecular flexibility index (Phi) is 6.16. The number of nitrogens with one attached hydrogen (secondary N) is 1. The molecule has 2 amide bonds. The van der Waals surface area contributed by atoms with Crippen LogP contribution in [-0.2, 0) is 6.61 Å². The lowest BCUT2D eigenvalue weighted by atomic mass is 10.0. The zero-order valence-corrected chi connectivity index (χ0v) is 18.6. The molecule has 2 aromatic carbocycles. The third-order valence-corrected chi connectivity index (χ3v) is 5.67. The fourth-order valence-electron chi connectivity index (χ4n) is 3.73. The molecule has 7 heteroatoms. The second-order valence-electron chi connectivity index (χ2n) is 8.15. The molecule has 1 aliphatic carbocycles. The van der Waals surface area contributed by atoms with Crippen molar-refractivity contribution >= 4 is 11.7 Å². The average Bonchev–Trinajstić information content (AvgIpc) is 3.63. The Morgan fingerprint density at radius 1 is 1.19 bits per heavy atom. The predicted molar refractivity (Wildman–Crippen MR) is 123 cm³/mol. The number of ether oxygens (including phenoxy) is 1. The van der Waals surface area contributed by atoms with Gasteiger partial charge in [-0.15, -0.1) is 0 Å². The number of rotatable bonds is 7. The van der Waals surface area contributed by atoms with E-state index < -0.39 is 6.03 Å². The molecule has 0 atom stereocenters. The maximum atomic E-state index is 12.3. The Bertz CT molecular complexity index is 1160. The van der Waals surface area contributed by atoms with Crippen LogP contribution in [0, 0.1) is 13.8 Å². The first-order valence-corrected chi connectivity index (χ1v) is 10.7. The minimum atomic E-state index is -0.395. The summed E-state index contributed by atoms with van der Waals surface area (Å²) >= 11 is 0. The normalized spacial score (nSPS) is 12.8. The standard InChI is InChI=1S/C25H27N5O2/c1-16-14-19(22-8-4-6-17(2)27-22)12-13-24(16)32-15-21-20(18-10-11-18)7-5-9-23(21)28-25(31)30(3)29-26/h4-9,12-14,18,26H,10-11,15H2,1-3H3,(H,28,31)/p+1. The summed E-state index contributed by atoms with van der Waals surface area (Å²) in [4.78, 5) is 16.9. The minimum Gasteiger partial charge on any atom is -0.489 e. The van der Waals surface area contributed by atoms with Crippen LogP contribution < -0.4 is 15.6 Å². The maximum absolute atomic E-state index is 12.3. The molecule has 1 fully saturated rings. The summed E-state index contributed by atoms with van der Waals surface area (Å²) in [5.41, 5.74) is 12.2. The highest BCUT2D eigenvalue weighted by Gasteiger charge is 2.28. The summed E-state index contributed by atoms with van der Waals surface area (Å²) in [5, 5.41) is 7.37. The number of carbonyl (C=O) groups is 1. The highest BCUT2D eigenvalue weighted by molar-refractivity contribution is 5.90. The van der Waals surface area contributed by atoms with Crippen molar-refractivity contribution in [3.8, 4) is 17.0 Å². The summed E-state index contributed by atoms with van der Waals surface area (Å²) in [7, 11) is 1.50. The molecule has 7 nitrogen and oxygen atoms in total. The van der Waals surface area contributed by atoms with Crippen LogP contribution in [0.5, 0.6) is 5.75 Å². The van der Waals surface area contributed by atoms with E-state index in [1.165, 1.54) is 12.6 Å². The number of aryl methyl sites for hydroxylation is 2. The third kappa shape index (κ3) is 4.77. The van der Waals surface area contributed by atoms with Crippen molar-refractivity contribution in [1.82, 2.24) is 9.99 Å². The van der Waals surface area contributed by atoms with E-state index in [9.17, 15) is 4.79 Å². The second kappa shape index (κ2) is 9.18. The molecule has 1 aromatic heterocycles. The first-order valence-electron chi connectivity index (χ1n) is 10.7. The van der Waals surface area contributed by atoms with Crippen molar-refractivity contribution < 1.29 is 15.1 Å². The van der Waals surface area contributed by atoms with Gasteiger partial charge in [0.1, 0.15) is 19.4 Å². The molecule has 1 heterocycles. The van der Waals surface area contributed by atoms with E-state index in [4.69, 9.17) is 10.3 Å². The summed E-state index contributed by atoms with van der Waals surface area (Å²) in [5.74, 6) is 1.32. The van der Waals surface area contributed by atoms with E-state index in [1.807, 2.05) is 56.3 Å². The van der Waals surface area contributed by atoms with E-state index in [0.717, 1.165) is 51.7 Å². The molecule has 1 aliphatic rings. The number of anilines is 1. The number of amides is 2. The van der Waals surface area contributed by atoms with Gasteiger partial charge in [-0.1, -0.05) is 23.2 Å². The Labute approximate surface area is 187 Å². The minimum absolute atomic E-state index is 0.356. The summed E-state index contributed by atoms with van der Waals surface area (Å²) in [6, 6.07) is 17.7. The van der Waals surface area contributed by atoms with E-state index >= 15 is 0 Å². The number of nitrogens with zero attached hydrogens (tertiary/aromatic N) is 3. The largest absolute Gasteiger partial charge is 0.489 e. The van der Waals surface area contributed by atoms with Crippen molar-refractivity contribution in [1.29, 1.82) is 0 Å². The van der Waals surface area contributed by atoms with Gasteiger partial charge in [0.05, 0.1) is 16.6 Å². The molecule has 3 aromatic rings. The van der Waals surface area contributed by atoms with Crippen LogP contribution in [0.1, 0.15) is 41.1 Å². The van der Waals surface area contributed by atoms with Crippen LogP contribution in [0.4, 0.5) is 10.5 Å². The van der Waals surface area contributed by atoms with Crippen molar-refractivity contribution in [3.05, 3.63) is 77.0 Å². The SMILES string of the molecule is Cc1cccc(-c2ccc(OCc3c(NC(=O)N(C)N=[NH2+])cccc3C3CC3)c(C)c2)n1. The van der Waals surface area contributed by atoms with Gasteiger partial charge in [-0.2, -0.15) is 5.53 Å². The summed E-state index contributed by atoms with van der Waals surface area (Å²) in [6.07, 6.45) is 2.30. The van der Waals surface area contributed by atoms with Crippen LogP contribution >= 0.6 is 0 Å². The zero-order chi connectivity index (χ0) is 22.7. The van der Waals surface area contributed by atoms with E-state index in [2.05, 4.69) is 27.7 Å². The number of urea groups is 1. The smallest absolute Gasteiger partial charge is 0.433 e. The molecule has 0 unspecified atom stereocenters. The molecular formula is C25H28N5O2+. The molecule has 0 bridgehead atoms. The molecule has 0 spiro atoms. The summed E-state index contributed by atoms with van der Waals surface area (Å²) in [6.45, 7) is 4.37. The van der Waals surface area contributed by atoms with Crippen LogP contribution in [-0.4, -0.2) is 23.1 Å². The monoisotopic (exact) mass is 430 g/mol. The Balaban J connectivity index is 1.56. The summed E-state index contributed by atoms with van der Waals surface area (Å²) < 4.78 is 6.23.